The molecule has 0 radical (unpaired) electrons. The van der Waals surface area contributed by atoms with Crippen molar-refractivity contribution < 1.29 is 4.79 Å². The van der Waals surface area contributed by atoms with Crippen molar-refractivity contribution in [2.75, 3.05) is 0 Å². The SMILES string of the molecule is O=C[C@H]1C[C@H](n2cc(-c3cnc4ccccc4n3)c(C3CC3)n2)C1. The molecule has 0 spiro atoms. The van der Waals surface area contributed by atoms with E-state index >= 15 is 0 Å². The zero-order valence-corrected chi connectivity index (χ0v) is 13.3. The Kier molecular flexibility index (Phi) is 3.01. The third-order valence-corrected chi connectivity index (χ3v) is 5.17. The number of aldehydes is 1. The third-order valence-electron chi connectivity index (χ3n) is 5.17. The van der Waals surface area contributed by atoms with Crippen molar-refractivity contribution in [3.8, 4) is 11.3 Å². The molecule has 2 heterocycles. The highest BCUT2D eigenvalue weighted by molar-refractivity contribution is 5.77. The van der Waals surface area contributed by atoms with Crippen molar-refractivity contribution in [1.29, 1.82) is 0 Å². The summed E-state index contributed by atoms with van der Waals surface area (Å²) in [6, 6.07) is 8.28. The summed E-state index contributed by atoms with van der Waals surface area (Å²) >= 11 is 0. The Labute approximate surface area is 139 Å². The number of rotatable bonds is 4. The van der Waals surface area contributed by atoms with E-state index in [1.807, 2.05) is 30.5 Å². The first-order valence-electron chi connectivity index (χ1n) is 8.58. The third kappa shape index (κ3) is 2.23. The number of carbonyl (C=O) groups excluding carboxylic acids is 1. The lowest BCUT2D eigenvalue weighted by molar-refractivity contribution is -0.114. The van der Waals surface area contributed by atoms with Gasteiger partial charge in [-0.05, 0) is 37.8 Å². The van der Waals surface area contributed by atoms with Crippen LogP contribution in [0.2, 0.25) is 0 Å². The van der Waals surface area contributed by atoms with Crippen molar-refractivity contribution >= 4 is 17.3 Å². The van der Waals surface area contributed by atoms with Crippen LogP contribution in [0.1, 0.15) is 43.3 Å². The Hall–Kier alpha value is -2.56. The minimum absolute atomic E-state index is 0.201. The van der Waals surface area contributed by atoms with Crippen molar-refractivity contribution in [2.45, 2.75) is 37.6 Å². The largest absolute Gasteiger partial charge is 0.303 e. The van der Waals surface area contributed by atoms with E-state index in [1.54, 1.807) is 0 Å². The maximum absolute atomic E-state index is 10.9. The van der Waals surface area contributed by atoms with Gasteiger partial charge in [0.1, 0.15) is 6.29 Å². The van der Waals surface area contributed by atoms with E-state index in [-0.39, 0.29) is 5.92 Å². The molecule has 2 aliphatic carbocycles. The fraction of sp³-hybridized carbons (Fsp3) is 0.368. The van der Waals surface area contributed by atoms with Crippen LogP contribution in [0, 0.1) is 5.92 Å². The van der Waals surface area contributed by atoms with Gasteiger partial charge in [0, 0.05) is 23.6 Å². The number of fused-ring (bicyclic) bond motifs is 1. The van der Waals surface area contributed by atoms with Gasteiger partial charge in [-0.1, -0.05) is 12.1 Å². The van der Waals surface area contributed by atoms with Gasteiger partial charge in [0.05, 0.1) is 34.7 Å². The average Bonchev–Trinajstić information content (AvgIpc) is 3.33. The molecule has 2 aliphatic rings. The molecule has 3 aromatic rings. The molecule has 0 unspecified atom stereocenters. The smallest absolute Gasteiger partial charge is 0.123 e. The average molecular weight is 318 g/mol. The molecule has 0 N–H and O–H groups in total. The predicted molar refractivity (Wildman–Crippen MR) is 90.6 cm³/mol. The minimum Gasteiger partial charge on any atom is -0.303 e. The molecular weight excluding hydrogens is 300 g/mol. The number of hydrogen-bond donors (Lipinski definition) is 0. The zero-order chi connectivity index (χ0) is 16.1. The van der Waals surface area contributed by atoms with E-state index in [4.69, 9.17) is 10.1 Å². The van der Waals surface area contributed by atoms with Gasteiger partial charge in [0.15, 0.2) is 0 Å². The van der Waals surface area contributed by atoms with Crippen LogP contribution >= 0.6 is 0 Å². The molecule has 5 nitrogen and oxygen atoms in total. The van der Waals surface area contributed by atoms with Crippen LogP contribution in [0.25, 0.3) is 22.3 Å². The van der Waals surface area contributed by atoms with Crippen LogP contribution in [-0.4, -0.2) is 26.0 Å². The maximum Gasteiger partial charge on any atom is 0.123 e. The van der Waals surface area contributed by atoms with Gasteiger partial charge >= 0.3 is 0 Å². The lowest BCUT2D eigenvalue weighted by atomic mass is 9.81. The first-order valence-corrected chi connectivity index (χ1v) is 8.58. The predicted octanol–water partition coefficient (Wildman–Crippen LogP) is 3.52. The first kappa shape index (κ1) is 13.8. The van der Waals surface area contributed by atoms with E-state index in [2.05, 4.69) is 15.9 Å². The maximum atomic E-state index is 10.9. The van der Waals surface area contributed by atoms with Crippen LogP contribution in [0.5, 0.6) is 0 Å². The van der Waals surface area contributed by atoms with Gasteiger partial charge in [0.2, 0.25) is 0 Å². The van der Waals surface area contributed by atoms with Gasteiger partial charge in [0.25, 0.3) is 0 Å². The molecule has 2 fully saturated rings. The molecule has 0 bridgehead atoms. The summed E-state index contributed by atoms with van der Waals surface area (Å²) in [6.45, 7) is 0. The molecule has 5 heteroatoms. The standard InChI is InChI=1S/C19H18N4O/c24-11-12-7-14(8-12)23-10-15(19(22-23)13-5-6-13)18-9-20-16-3-1-2-4-17(16)21-18/h1-4,9-14H,5-8H2/t12-,14-. The van der Waals surface area contributed by atoms with Gasteiger partial charge < -0.3 is 4.79 Å². The highest BCUT2D eigenvalue weighted by Gasteiger charge is 2.35. The van der Waals surface area contributed by atoms with E-state index in [0.717, 1.165) is 47.1 Å². The van der Waals surface area contributed by atoms with Crippen molar-refractivity contribution in [2.24, 2.45) is 5.92 Å². The Balaban J connectivity index is 1.55. The summed E-state index contributed by atoms with van der Waals surface area (Å²) < 4.78 is 2.06. The summed E-state index contributed by atoms with van der Waals surface area (Å²) in [5, 5.41) is 4.85. The van der Waals surface area contributed by atoms with Crippen molar-refractivity contribution in [3.05, 3.63) is 42.4 Å². The summed E-state index contributed by atoms with van der Waals surface area (Å²) in [5.74, 6) is 0.754. The fourth-order valence-corrected chi connectivity index (χ4v) is 3.49. The minimum atomic E-state index is 0.201. The van der Waals surface area contributed by atoms with Gasteiger partial charge in [-0.25, -0.2) is 4.98 Å². The quantitative estimate of drug-likeness (QED) is 0.691. The zero-order valence-electron chi connectivity index (χ0n) is 13.3. The fourth-order valence-electron chi connectivity index (χ4n) is 3.49. The van der Waals surface area contributed by atoms with Crippen LogP contribution < -0.4 is 0 Å². The highest BCUT2D eigenvalue weighted by Crippen LogP contribution is 2.45. The summed E-state index contributed by atoms with van der Waals surface area (Å²) in [5.41, 5.74) is 4.97. The Morgan fingerprint density at radius 2 is 1.92 bits per heavy atom. The topological polar surface area (TPSA) is 60.7 Å². The number of carbonyl (C=O) groups is 1. The molecule has 120 valence electrons. The molecule has 0 amide bonds. The summed E-state index contributed by atoms with van der Waals surface area (Å²) in [4.78, 5) is 20.2. The monoisotopic (exact) mass is 318 g/mol. The molecule has 0 aliphatic heterocycles. The van der Waals surface area contributed by atoms with Crippen LogP contribution in [0.3, 0.4) is 0 Å². The van der Waals surface area contributed by atoms with E-state index < -0.39 is 0 Å². The summed E-state index contributed by atoms with van der Waals surface area (Å²) in [6.07, 6.45) is 9.23. The van der Waals surface area contributed by atoms with Crippen LogP contribution in [0.15, 0.2) is 36.7 Å². The van der Waals surface area contributed by atoms with E-state index in [9.17, 15) is 4.79 Å². The van der Waals surface area contributed by atoms with Gasteiger partial charge in [-0.2, -0.15) is 5.10 Å². The second-order valence-corrected chi connectivity index (χ2v) is 6.95. The Morgan fingerprint density at radius 3 is 2.67 bits per heavy atom. The number of nitrogens with zero attached hydrogens (tertiary/aromatic N) is 4. The molecule has 24 heavy (non-hydrogen) atoms. The first-order chi connectivity index (χ1) is 11.8. The molecule has 2 saturated carbocycles. The molecule has 2 aromatic heterocycles. The molecule has 5 rings (SSSR count). The number of para-hydroxylation sites is 2. The van der Waals surface area contributed by atoms with Crippen molar-refractivity contribution in [3.63, 3.8) is 0 Å². The second kappa shape index (κ2) is 5.23. The molecule has 1 aromatic carbocycles. The van der Waals surface area contributed by atoms with Crippen LogP contribution in [0.4, 0.5) is 0 Å². The van der Waals surface area contributed by atoms with Gasteiger partial charge in [-0.3, -0.25) is 9.67 Å². The van der Waals surface area contributed by atoms with E-state index in [1.165, 1.54) is 12.8 Å². The Bertz CT molecular complexity index is 922. The molecular formula is C19H18N4O. The molecule has 0 saturated heterocycles. The molecule has 0 atom stereocenters. The summed E-state index contributed by atoms with van der Waals surface area (Å²) in [7, 11) is 0. The number of benzene rings is 1. The van der Waals surface area contributed by atoms with Crippen molar-refractivity contribution in [1.82, 2.24) is 19.7 Å². The normalized spacial score (nSPS) is 23.2. The Morgan fingerprint density at radius 1 is 1.12 bits per heavy atom. The number of aromatic nitrogens is 4. The second-order valence-electron chi connectivity index (χ2n) is 6.95. The lowest BCUT2D eigenvalue weighted by Gasteiger charge is -2.31. The van der Waals surface area contributed by atoms with Gasteiger partial charge in [-0.15, -0.1) is 0 Å². The highest BCUT2D eigenvalue weighted by atomic mass is 16.1. The van der Waals surface area contributed by atoms with Crippen LogP contribution in [-0.2, 0) is 4.79 Å². The lowest BCUT2D eigenvalue weighted by Crippen LogP contribution is -2.28. The van der Waals surface area contributed by atoms with E-state index in [0.29, 0.717) is 12.0 Å². The number of hydrogen-bond acceptors (Lipinski definition) is 4.